The van der Waals surface area contributed by atoms with E-state index in [0.717, 1.165) is 0 Å². The fourth-order valence-corrected chi connectivity index (χ4v) is 3.00. The van der Waals surface area contributed by atoms with Crippen LogP contribution in [0.25, 0.3) is 0 Å². The zero-order chi connectivity index (χ0) is 20.1. The Labute approximate surface area is 172 Å². The van der Waals surface area contributed by atoms with Crippen molar-refractivity contribution < 1.29 is 14.3 Å². The summed E-state index contributed by atoms with van der Waals surface area (Å²) in [5.41, 5.74) is 2.00. The summed E-state index contributed by atoms with van der Waals surface area (Å²) >= 11 is 11.8. The van der Waals surface area contributed by atoms with Crippen molar-refractivity contribution in [3.05, 3.63) is 87.9 Å². The summed E-state index contributed by atoms with van der Waals surface area (Å²) in [4.78, 5) is 24.7. The van der Waals surface area contributed by atoms with Crippen molar-refractivity contribution in [3.8, 4) is 5.75 Å². The Morgan fingerprint density at radius 3 is 1.68 bits per heavy atom. The van der Waals surface area contributed by atoms with E-state index in [2.05, 4.69) is 10.6 Å². The third-order valence-corrected chi connectivity index (χ3v) is 4.31. The van der Waals surface area contributed by atoms with Gasteiger partial charge in [-0.05, 0) is 66.7 Å². The summed E-state index contributed by atoms with van der Waals surface area (Å²) in [5.74, 6) is 0.101. The lowest BCUT2D eigenvalue weighted by molar-refractivity contribution is 0.102. The van der Waals surface area contributed by atoms with Crippen molar-refractivity contribution in [1.82, 2.24) is 0 Å². The minimum atomic E-state index is -0.347. The second kappa shape index (κ2) is 8.78. The van der Waals surface area contributed by atoms with Crippen LogP contribution in [0.5, 0.6) is 5.75 Å². The van der Waals surface area contributed by atoms with Gasteiger partial charge in [-0.2, -0.15) is 0 Å². The zero-order valence-electron chi connectivity index (χ0n) is 14.8. The third-order valence-electron chi connectivity index (χ3n) is 3.88. The number of nitrogens with one attached hydrogen (secondary N) is 2. The van der Waals surface area contributed by atoms with Crippen LogP contribution in [0.15, 0.2) is 66.7 Å². The van der Waals surface area contributed by atoms with Gasteiger partial charge in [0.15, 0.2) is 0 Å². The fraction of sp³-hybridized carbons (Fsp3) is 0.0476. The van der Waals surface area contributed by atoms with E-state index >= 15 is 0 Å². The number of halogens is 2. The molecule has 28 heavy (non-hydrogen) atoms. The molecule has 3 aromatic rings. The summed E-state index contributed by atoms with van der Waals surface area (Å²) in [5, 5.41) is 6.29. The van der Waals surface area contributed by atoms with Gasteiger partial charge in [0, 0.05) is 32.5 Å². The molecule has 0 aliphatic rings. The number of hydrogen-bond donors (Lipinski definition) is 2. The van der Waals surface area contributed by atoms with Gasteiger partial charge in [0.1, 0.15) is 5.75 Å². The number of amides is 2. The summed E-state index contributed by atoms with van der Waals surface area (Å²) in [7, 11) is 1.58. The fourth-order valence-electron chi connectivity index (χ4n) is 2.47. The molecule has 2 N–H and O–H groups in total. The molecule has 0 bridgehead atoms. The maximum absolute atomic E-state index is 12.3. The maximum atomic E-state index is 12.3. The van der Waals surface area contributed by atoms with E-state index in [1.54, 1.807) is 61.7 Å². The Kier molecular flexibility index (Phi) is 6.19. The van der Waals surface area contributed by atoms with Crippen molar-refractivity contribution in [2.75, 3.05) is 17.7 Å². The average Bonchev–Trinajstić information content (AvgIpc) is 2.68. The van der Waals surface area contributed by atoms with E-state index in [4.69, 9.17) is 27.9 Å². The molecule has 3 rings (SSSR count). The van der Waals surface area contributed by atoms with E-state index in [9.17, 15) is 9.59 Å². The summed E-state index contributed by atoms with van der Waals surface area (Å²) in [6.45, 7) is 0. The molecule has 2 amide bonds. The molecular weight excluding hydrogens is 399 g/mol. The smallest absolute Gasteiger partial charge is 0.255 e. The van der Waals surface area contributed by atoms with Crippen LogP contribution in [0.4, 0.5) is 11.4 Å². The Bertz CT molecular complexity index is 983. The van der Waals surface area contributed by atoms with Crippen LogP contribution in [0.2, 0.25) is 10.0 Å². The molecule has 0 spiro atoms. The predicted octanol–water partition coefficient (Wildman–Crippen LogP) is 5.51. The average molecular weight is 415 g/mol. The van der Waals surface area contributed by atoms with Gasteiger partial charge in [-0.15, -0.1) is 0 Å². The zero-order valence-corrected chi connectivity index (χ0v) is 16.3. The van der Waals surface area contributed by atoms with E-state index in [1.807, 2.05) is 0 Å². The maximum Gasteiger partial charge on any atom is 0.255 e. The molecule has 3 aromatic carbocycles. The highest BCUT2D eigenvalue weighted by atomic mass is 35.5. The quantitative estimate of drug-likeness (QED) is 0.578. The normalized spacial score (nSPS) is 10.2. The second-order valence-corrected chi connectivity index (χ2v) is 6.75. The highest BCUT2D eigenvalue weighted by Gasteiger charge is 2.10. The van der Waals surface area contributed by atoms with Crippen LogP contribution >= 0.6 is 23.2 Å². The first-order valence-electron chi connectivity index (χ1n) is 8.27. The standard InChI is InChI=1S/C21H16Cl2N2O3/c1-28-19-8-6-18(7-9-19)24-20(26)13-2-4-17(5-3-13)25-21(27)14-10-15(22)12-16(23)11-14/h2-12H,1H3,(H,24,26)(H,25,27). The lowest BCUT2D eigenvalue weighted by Gasteiger charge is -2.09. The molecule has 0 unspecified atom stereocenters. The highest BCUT2D eigenvalue weighted by Crippen LogP contribution is 2.21. The van der Waals surface area contributed by atoms with Crippen molar-refractivity contribution in [1.29, 1.82) is 0 Å². The van der Waals surface area contributed by atoms with Gasteiger partial charge >= 0.3 is 0 Å². The first-order valence-corrected chi connectivity index (χ1v) is 9.03. The molecule has 7 heteroatoms. The molecule has 0 atom stereocenters. The van der Waals surface area contributed by atoms with Crippen molar-refractivity contribution in [2.45, 2.75) is 0 Å². The van der Waals surface area contributed by atoms with Gasteiger partial charge in [0.05, 0.1) is 7.11 Å². The number of methoxy groups -OCH3 is 1. The Morgan fingerprint density at radius 1 is 0.714 bits per heavy atom. The number of hydrogen-bond acceptors (Lipinski definition) is 3. The number of rotatable bonds is 5. The lowest BCUT2D eigenvalue weighted by atomic mass is 10.1. The molecule has 0 fully saturated rings. The van der Waals surface area contributed by atoms with Crippen LogP contribution in [0, 0.1) is 0 Å². The van der Waals surface area contributed by atoms with Crippen LogP contribution in [0.3, 0.4) is 0 Å². The number of carbonyl (C=O) groups excluding carboxylic acids is 2. The first-order chi connectivity index (χ1) is 13.4. The Balaban J connectivity index is 1.65. The van der Waals surface area contributed by atoms with E-state index in [1.165, 1.54) is 12.1 Å². The number of anilines is 2. The summed E-state index contributed by atoms with van der Waals surface area (Å²) < 4.78 is 5.09. The van der Waals surface area contributed by atoms with Crippen LogP contribution in [-0.4, -0.2) is 18.9 Å². The molecule has 0 radical (unpaired) electrons. The minimum absolute atomic E-state index is 0.260. The van der Waals surface area contributed by atoms with Crippen molar-refractivity contribution in [2.24, 2.45) is 0 Å². The minimum Gasteiger partial charge on any atom is -0.497 e. The van der Waals surface area contributed by atoms with Crippen molar-refractivity contribution >= 4 is 46.4 Å². The van der Waals surface area contributed by atoms with Crippen LogP contribution in [-0.2, 0) is 0 Å². The SMILES string of the molecule is COc1ccc(NC(=O)c2ccc(NC(=O)c3cc(Cl)cc(Cl)c3)cc2)cc1. The van der Waals surface area contributed by atoms with Gasteiger partial charge in [-0.1, -0.05) is 23.2 Å². The highest BCUT2D eigenvalue weighted by molar-refractivity contribution is 6.35. The van der Waals surface area contributed by atoms with E-state index in [-0.39, 0.29) is 11.8 Å². The predicted molar refractivity (Wildman–Crippen MR) is 112 cm³/mol. The summed E-state index contributed by atoms with van der Waals surface area (Å²) in [6, 6.07) is 18.2. The number of carbonyl (C=O) groups is 2. The monoisotopic (exact) mass is 414 g/mol. The molecule has 0 saturated heterocycles. The topological polar surface area (TPSA) is 67.4 Å². The van der Waals surface area contributed by atoms with Gasteiger partial charge < -0.3 is 15.4 Å². The molecule has 0 saturated carbocycles. The number of ether oxygens (including phenoxy) is 1. The van der Waals surface area contributed by atoms with E-state index < -0.39 is 0 Å². The number of benzene rings is 3. The van der Waals surface area contributed by atoms with Crippen molar-refractivity contribution in [3.63, 3.8) is 0 Å². The second-order valence-electron chi connectivity index (χ2n) is 5.87. The molecule has 0 aliphatic carbocycles. The molecule has 5 nitrogen and oxygen atoms in total. The van der Waals surface area contributed by atoms with Crippen LogP contribution in [0.1, 0.15) is 20.7 Å². The van der Waals surface area contributed by atoms with Gasteiger partial charge in [0.2, 0.25) is 0 Å². The third kappa shape index (κ3) is 5.03. The van der Waals surface area contributed by atoms with Crippen LogP contribution < -0.4 is 15.4 Å². The first kappa shape index (κ1) is 19.7. The molecule has 0 aliphatic heterocycles. The Morgan fingerprint density at radius 2 is 1.18 bits per heavy atom. The Hall–Kier alpha value is -3.02. The largest absolute Gasteiger partial charge is 0.497 e. The lowest BCUT2D eigenvalue weighted by Crippen LogP contribution is -2.13. The van der Waals surface area contributed by atoms with E-state index in [0.29, 0.717) is 38.3 Å². The molecule has 0 heterocycles. The van der Waals surface area contributed by atoms with Gasteiger partial charge in [0.25, 0.3) is 11.8 Å². The molecular formula is C21H16Cl2N2O3. The molecule has 142 valence electrons. The van der Waals surface area contributed by atoms with Gasteiger partial charge in [-0.3, -0.25) is 9.59 Å². The van der Waals surface area contributed by atoms with Gasteiger partial charge in [-0.25, -0.2) is 0 Å². The molecule has 0 aromatic heterocycles. The summed E-state index contributed by atoms with van der Waals surface area (Å²) in [6.07, 6.45) is 0.